The van der Waals surface area contributed by atoms with Crippen LogP contribution in [0, 0.1) is 5.82 Å². The third-order valence-corrected chi connectivity index (χ3v) is 10.6. The highest BCUT2D eigenvalue weighted by atomic mass is 79.9. The molecule has 0 bridgehead atoms. The zero-order chi connectivity index (χ0) is 32.2. The van der Waals surface area contributed by atoms with Crippen LogP contribution in [0.1, 0.15) is 38.3 Å². The molecule has 2 atom stereocenters. The van der Waals surface area contributed by atoms with Crippen molar-refractivity contribution < 1.29 is 31.8 Å². The lowest BCUT2D eigenvalue weighted by molar-refractivity contribution is -0.0973. The van der Waals surface area contributed by atoms with Crippen LogP contribution in [-0.2, 0) is 31.5 Å². The topological polar surface area (TPSA) is 109 Å². The molecule has 9 nitrogen and oxygen atoms in total. The number of hydrogen-bond acceptors (Lipinski definition) is 9. The summed E-state index contributed by atoms with van der Waals surface area (Å²) in [6.07, 6.45) is 4.99. The molecule has 238 valence electrons. The Hall–Kier alpha value is -3.74. The molecule has 1 aliphatic rings. The lowest BCUT2D eigenvalue weighted by Gasteiger charge is -2.36. The van der Waals surface area contributed by atoms with Gasteiger partial charge in [0.25, 0.3) is 0 Å². The third-order valence-electron chi connectivity index (χ3n) is 7.80. The molecule has 4 aromatic rings. The first-order valence-electron chi connectivity index (χ1n) is 14.5. The maximum absolute atomic E-state index is 13.5. The molecule has 5 rings (SSSR count). The average Bonchev–Trinajstić information content (AvgIpc) is 3.51. The molecule has 1 aromatic heterocycles. The third kappa shape index (κ3) is 7.23. The van der Waals surface area contributed by atoms with Gasteiger partial charge >= 0.3 is 0 Å². The average molecular weight is 701 g/mol. The molecule has 3 aromatic carbocycles. The highest BCUT2D eigenvalue weighted by Crippen LogP contribution is 2.45. The van der Waals surface area contributed by atoms with Crippen LogP contribution in [0.5, 0.6) is 11.5 Å². The van der Waals surface area contributed by atoms with Crippen molar-refractivity contribution >= 4 is 48.2 Å². The van der Waals surface area contributed by atoms with Gasteiger partial charge in [-0.15, -0.1) is 0 Å². The standard InChI is InChI=1S/C33H35BrFN3O6S/c1-21(2)45(39,40)14-13-42-22(3)33(11-6-12-44-33)27-17-26-29(18-31(27)41-4)36-20-37-32(26)38-25-9-10-30(28(34)16-25)43-19-23-7-5-8-24(35)15-23/h5-10,12,15-18,20-22H,11,13-14,19H2,1-4H3,(H,36,37,38). The summed E-state index contributed by atoms with van der Waals surface area (Å²) in [6, 6.07) is 15.6. The molecular formula is C33H35BrFN3O6S. The first-order valence-corrected chi connectivity index (χ1v) is 17.0. The van der Waals surface area contributed by atoms with E-state index in [0.717, 1.165) is 22.2 Å². The molecule has 2 heterocycles. The summed E-state index contributed by atoms with van der Waals surface area (Å²) in [6.45, 7) is 5.45. The number of benzene rings is 3. The van der Waals surface area contributed by atoms with Gasteiger partial charge in [0.2, 0.25) is 0 Å². The van der Waals surface area contributed by atoms with Crippen molar-refractivity contribution in [1.29, 1.82) is 0 Å². The van der Waals surface area contributed by atoms with E-state index in [1.165, 1.54) is 18.5 Å². The number of halogens is 2. The second kappa shape index (κ2) is 13.7. The van der Waals surface area contributed by atoms with Crippen LogP contribution >= 0.6 is 15.9 Å². The number of rotatable bonds is 13. The van der Waals surface area contributed by atoms with Crippen molar-refractivity contribution in [3.63, 3.8) is 0 Å². The molecule has 0 aliphatic carbocycles. The van der Waals surface area contributed by atoms with Gasteiger partial charge in [-0.05, 0) is 84.7 Å². The Balaban J connectivity index is 1.41. The molecule has 12 heteroatoms. The van der Waals surface area contributed by atoms with Gasteiger partial charge in [-0.2, -0.15) is 0 Å². The second-order valence-electron chi connectivity index (χ2n) is 11.0. The van der Waals surface area contributed by atoms with Crippen LogP contribution in [0.25, 0.3) is 10.9 Å². The number of methoxy groups -OCH3 is 1. The number of aromatic nitrogens is 2. The van der Waals surface area contributed by atoms with Crippen molar-refractivity contribution in [3.05, 3.63) is 94.7 Å². The zero-order valence-corrected chi connectivity index (χ0v) is 27.8. The summed E-state index contributed by atoms with van der Waals surface area (Å²) in [7, 11) is -1.68. The number of nitrogens with one attached hydrogen (secondary N) is 1. The van der Waals surface area contributed by atoms with E-state index >= 15 is 0 Å². The predicted molar refractivity (Wildman–Crippen MR) is 175 cm³/mol. The highest BCUT2D eigenvalue weighted by Gasteiger charge is 2.44. The van der Waals surface area contributed by atoms with E-state index in [1.54, 1.807) is 39.4 Å². The fraction of sp³-hybridized carbons (Fsp3) is 0.333. The van der Waals surface area contributed by atoms with E-state index in [1.807, 2.05) is 43.3 Å². The van der Waals surface area contributed by atoms with E-state index in [9.17, 15) is 12.8 Å². The van der Waals surface area contributed by atoms with Crippen LogP contribution in [0.15, 0.2) is 77.7 Å². The molecule has 0 saturated heterocycles. The number of sulfone groups is 1. The summed E-state index contributed by atoms with van der Waals surface area (Å²) in [5, 5.41) is 3.62. The van der Waals surface area contributed by atoms with Crippen molar-refractivity contribution in [1.82, 2.24) is 9.97 Å². The van der Waals surface area contributed by atoms with Crippen LogP contribution in [0.2, 0.25) is 0 Å². The number of nitrogens with zero attached hydrogens (tertiary/aromatic N) is 2. The van der Waals surface area contributed by atoms with Crippen molar-refractivity contribution in [2.75, 3.05) is 24.8 Å². The largest absolute Gasteiger partial charge is 0.496 e. The van der Waals surface area contributed by atoms with Gasteiger partial charge in [-0.3, -0.25) is 0 Å². The van der Waals surface area contributed by atoms with E-state index in [4.69, 9.17) is 18.9 Å². The van der Waals surface area contributed by atoms with Gasteiger partial charge in [-0.1, -0.05) is 12.1 Å². The first-order chi connectivity index (χ1) is 21.5. The molecular weight excluding hydrogens is 665 g/mol. The quantitative estimate of drug-likeness (QED) is 0.155. The van der Waals surface area contributed by atoms with E-state index < -0.39 is 26.8 Å². The van der Waals surface area contributed by atoms with Gasteiger partial charge < -0.3 is 24.3 Å². The zero-order valence-electron chi connectivity index (χ0n) is 25.4. The van der Waals surface area contributed by atoms with E-state index in [-0.39, 0.29) is 24.8 Å². The van der Waals surface area contributed by atoms with Gasteiger partial charge in [-0.25, -0.2) is 22.8 Å². The summed E-state index contributed by atoms with van der Waals surface area (Å²) in [5.74, 6) is 1.32. The molecule has 0 amide bonds. The maximum Gasteiger partial charge on any atom is 0.166 e. The number of anilines is 2. The molecule has 1 aliphatic heterocycles. The number of fused-ring (bicyclic) bond motifs is 1. The minimum absolute atomic E-state index is 0.0371. The summed E-state index contributed by atoms with van der Waals surface area (Å²) in [4.78, 5) is 8.99. The van der Waals surface area contributed by atoms with E-state index in [2.05, 4.69) is 31.2 Å². The van der Waals surface area contributed by atoms with Gasteiger partial charge in [0.15, 0.2) is 15.4 Å². The SMILES string of the molecule is COc1cc2ncnc(Nc3ccc(OCc4cccc(F)c4)c(Br)c3)c2cc1C1(C(C)OCCS(=O)(=O)C(C)C)CC=CO1. The monoisotopic (exact) mass is 699 g/mol. The first kappa shape index (κ1) is 32.6. The van der Waals surface area contributed by atoms with E-state index in [0.29, 0.717) is 33.7 Å². The molecule has 0 spiro atoms. The Labute approximate surface area is 270 Å². The summed E-state index contributed by atoms with van der Waals surface area (Å²) < 4.78 is 63.0. The summed E-state index contributed by atoms with van der Waals surface area (Å²) >= 11 is 3.57. The van der Waals surface area contributed by atoms with Gasteiger partial charge in [0.05, 0.1) is 47.1 Å². The molecule has 0 saturated carbocycles. The van der Waals surface area contributed by atoms with Gasteiger partial charge in [0.1, 0.15) is 36.1 Å². The Morgan fingerprint density at radius 2 is 1.91 bits per heavy atom. The number of hydrogen-bond donors (Lipinski definition) is 1. The Bertz CT molecular complexity index is 1810. The Kier molecular flexibility index (Phi) is 9.95. The minimum Gasteiger partial charge on any atom is -0.496 e. The molecule has 1 N–H and O–H groups in total. The minimum atomic E-state index is -3.26. The summed E-state index contributed by atoms with van der Waals surface area (Å²) in [5.41, 5.74) is 1.88. The van der Waals surface area contributed by atoms with Crippen LogP contribution in [-0.4, -0.2) is 49.2 Å². The Morgan fingerprint density at radius 3 is 2.60 bits per heavy atom. The maximum atomic E-state index is 13.5. The van der Waals surface area contributed by atoms with Crippen molar-refractivity contribution in [2.45, 2.75) is 50.8 Å². The predicted octanol–water partition coefficient (Wildman–Crippen LogP) is 7.22. The van der Waals surface area contributed by atoms with Crippen LogP contribution in [0.4, 0.5) is 15.9 Å². The van der Waals surface area contributed by atoms with Crippen molar-refractivity contribution in [2.24, 2.45) is 0 Å². The second-order valence-corrected chi connectivity index (χ2v) is 14.5. The fourth-order valence-electron chi connectivity index (χ4n) is 5.11. The van der Waals surface area contributed by atoms with Crippen LogP contribution in [0.3, 0.4) is 0 Å². The van der Waals surface area contributed by atoms with Crippen molar-refractivity contribution in [3.8, 4) is 11.5 Å². The Morgan fingerprint density at radius 1 is 1.09 bits per heavy atom. The lowest BCUT2D eigenvalue weighted by Crippen LogP contribution is -2.40. The molecule has 0 fully saturated rings. The molecule has 0 radical (unpaired) electrons. The lowest BCUT2D eigenvalue weighted by atomic mass is 9.85. The molecule has 2 unspecified atom stereocenters. The number of ether oxygens (including phenoxy) is 4. The molecule has 45 heavy (non-hydrogen) atoms. The smallest absolute Gasteiger partial charge is 0.166 e. The normalized spacial score (nSPS) is 17.0. The van der Waals surface area contributed by atoms with Gasteiger partial charge in [0, 0.05) is 29.1 Å². The fourth-order valence-corrected chi connectivity index (χ4v) is 6.40. The highest BCUT2D eigenvalue weighted by molar-refractivity contribution is 9.10. The van der Waals surface area contributed by atoms with Crippen LogP contribution < -0.4 is 14.8 Å².